The van der Waals surface area contributed by atoms with Gasteiger partial charge < -0.3 is 10.2 Å². The van der Waals surface area contributed by atoms with E-state index in [2.05, 4.69) is 5.32 Å². The average molecular weight is 360 g/mol. The number of amides is 2. The quantitative estimate of drug-likeness (QED) is 0.891. The van der Waals surface area contributed by atoms with Crippen LogP contribution in [0.5, 0.6) is 0 Å². The van der Waals surface area contributed by atoms with Gasteiger partial charge in [-0.15, -0.1) is 0 Å². The molecule has 0 radical (unpaired) electrons. The van der Waals surface area contributed by atoms with Crippen molar-refractivity contribution in [1.29, 1.82) is 0 Å². The lowest BCUT2D eigenvalue weighted by molar-refractivity contribution is -0.144. The van der Waals surface area contributed by atoms with Crippen LogP contribution in [0.2, 0.25) is 0 Å². The highest BCUT2D eigenvalue weighted by molar-refractivity contribution is 5.84. The van der Waals surface area contributed by atoms with Gasteiger partial charge in [0.2, 0.25) is 11.8 Å². The molecule has 1 saturated carbocycles. The molecule has 0 aromatic heterocycles. The maximum Gasteiger partial charge on any atom is 0.227 e. The molecule has 2 aliphatic rings. The highest BCUT2D eigenvalue weighted by Gasteiger charge is 2.40. The number of piperidine rings is 1. The summed E-state index contributed by atoms with van der Waals surface area (Å²) in [6.07, 6.45) is 7.09. The van der Waals surface area contributed by atoms with E-state index in [4.69, 9.17) is 0 Å². The lowest BCUT2D eigenvalue weighted by Gasteiger charge is -2.41. The molecule has 0 unspecified atom stereocenters. The van der Waals surface area contributed by atoms with Gasteiger partial charge in [0.05, 0.1) is 5.41 Å². The van der Waals surface area contributed by atoms with E-state index in [1.165, 1.54) is 18.6 Å². The number of hydrogen-bond acceptors (Lipinski definition) is 2. The van der Waals surface area contributed by atoms with Gasteiger partial charge in [0.1, 0.15) is 5.82 Å². The van der Waals surface area contributed by atoms with Crippen molar-refractivity contribution in [3.05, 3.63) is 35.6 Å². The Hall–Kier alpha value is -1.91. The van der Waals surface area contributed by atoms with Gasteiger partial charge in [0.15, 0.2) is 0 Å². The predicted molar refractivity (Wildman–Crippen MR) is 98.7 cm³/mol. The summed E-state index contributed by atoms with van der Waals surface area (Å²) in [5.41, 5.74) is 0.170. The standard InChI is InChI=1S/C21H29FN2O2/c1-21(20(26)23-14-16-7-5-10-18(22)13-16)11-6-12-24(15-21)19(25)17-8-3-2-4-9-17/h5,7,10,13,17H,2-4,6,8-9,11-12,14-15H2,1H3,(H,23,26)/t21-/m1/s1. The van der Waals surface area contributed by atoms with Gasteiger partial charge in [-0.3, -0.25) is 9.59 Å². The predicted octanol–water partition coefficient (Wildman–Crippen LogP) is 3.65. The number of likely N-dealkylation sites (tertiary alicyclic amines) is 1. The first kappa shape index (κ1) is 18.9. The number of carbonyl (C=O) groups is 2. The number of nitrogens with one attached hydrogen (secondary N) is 1. The summed E-state index contributed by atoms with van der Waals surface area (Å²) in [6.45, 7) is 3.48. The Kier molecular flexibility index (Phi) is 5.94. The third-order valence-corrected chi connectivity index (χ3v) is 5.85. The fraction of sp³-hybridized carbons (Fsp3) is 0.619. The van der Waals surface area contributed by atoms with Gasteiger partial charge in [0, 0.05) is 25.6 Å². The van der Waals surface area contributed by atoms with Crippen LogP contribution in [0.3, 0.4) is 0 Å². The Morgan fingerprint density at radius 1 is 1.23 bits per heavy atom. The Bertz CT molecular complexity index is 657. The van der Waals surface area contributed by atoms with Gasteiger partial charge >= 0.3 is 0 Å². The SMILES string of the molecule is C[C@@]1(C(=O)NCc2cccc(F)c2)CCCN(C(=O)C2CCCCC2)C1. The van der Waals surface area contributed by atoms with Crippen LogP contribution in [0, 0.1) is 17.2 Å². The van der Waals surface area contributed by atoms with Crippen molar-refractivity contribution in [3.63, 3.8) is 0 Å². The number of nitrogens with zero attached hydrogens (tertiary/aromatic N) is 1. The fourth-order valence-corrected chi connectivity index (χ4v) is 4.26. The van der Waals surface area contributed by atoms with Crippen LogP contribution in [0.15, 0.2) is 24.3 Å². The van der Waals surface area contributed by atoms with Gasteiger partial charge in [-0.1, -0.05) is 31.4 Å². The zero-order chi connectivity index (χ0) is 18.6. The summed E-state index contributed by atoms with van der Waals surface area (Å²) >= 11 is 0. The molecule has 1 N–H and O–H groups in total. The molecule has 1 aromatic rings. The number of carbonyl (C=O) groups excluding carboxylic acids is 2. The van der Waals surface area contributed by atoms with Gasteiger partial charge in [0.25, 0.3) is 0 Å². The van der Waals surface area contributed by atoms with Crippen molar-refractivity contribution in [1.82, 2.24) is 10.2 Å². The molecule has 3 rings (SSSR count). The summed E-state index contributed by atoms with van der Waals surface area (Å²) in [7, 11) is 0. The zero-order valence-corrected chi connectivity index (χ0v) is 15.6. The number of rotatable bonds is 4. The van der Waals surface area contributed by atoms with Crippen LogP contribution in [0.25, 0.3) is 0 Å². The molecule has 1 aliphatic heterocycles. The molecule has 1 saturated heterocycles. The highest BCUT2D eigenvalue weighted by atomic mass is 19.1. The first-order valence-electron chi connectivity index (χ1n) is 9.79. The molecule has 0 spiro atoms. The molecule has 1 aromatic carbocycles. The molecule has 142 valence electrons. The van der Waals surface area contributed by atoms with Crippen molar-refractivity contribution in [2.75, 3.05) is 13.1 Å². The first-order chi connectivity index (χ1) is 12.5. The van der Waals surface area contributed by atoms with Gasteiger partial charge in [-0.25, -0.2) is 4.39 Å². The van der Waals surface area contributed by atoms with Crippen molar-refractivity contribution in [2.45, 2.75) is 58.4 Å². The van der Waals surface area contributed by atoms with Gasteiger partial charge in [-0.05, 0) is 50.3 Å². The smallest absolute Gasteiger partial charge is 0.227 e. The molecule has 2 amide bonds. The third kappa shape index (κ3) is 4.43. The second kappa shape index (κ2) is 8.19. The molecule has 1 aliphatic carbocycles. The summed E-state index contributed by atoms with van der Waals surface area (Å²) in [5.74, 6) is 0.0165. The Morgan fingerprint density at radius 3 is 2.73 bits per heavy atom. The Morgan fingerprint density at radius 2 is 2.00 bits per heavy atom. The maximum atomic E-state index is 13.3. The van der Waals surface area contributed by atoms with Crippen LogP contribution in [-0.4, -0.2) is 29.8 Å². The van der Waals surface area contributed by atoms with E-state index >= 15 is 0 Å². The minimum Gasteiger partial charge on any atom is -0.351 e. The topological polar surface area (TPSA) is 49.4 Å². The van der Waals surface area contributed by atoms with E-state index in [0.717, 1.165) is 50.6 Å². The van der Waals surface area contributed by atoms with Crippen molar-refractivity contribution in [3.8, 4) is 0 Å². The number of hydrogen-bond donors (Lipinski definition) is 1. The average Bonchev–Trinajstić information content (AvgIpc) is 2.66. The van der Waals surface area contributed by atoms with Crippen molar-refractivity contribution < 1.29 is 14.0 Å². The molecule has 1 atom stereocenters. The molecule has 2 fully saturated rings. The first-order valence-corrected chi connectivity index (χ1v) is 9.79. The van der Waals surface area contributed by atoms with Gasteiger partial charge in [-0.2, -0.15) is 0 Å². The zero-order valence-electron chi connectivity index (χ0n) is 15.6. The largest absolute Gasteiger partial charge is 0.351 e. The van der Waals surface area contributed by atoms with Crippen LogP contribution in [0.1, 0.15) is 57.4 Å². The van der Waals surface area contributed by atoms with E-state index in [0.29, 0.717) is 13.1 Å². The van der Waals surface area contributed by atoms with Crippen LogP contribution < -0.4 is 5.32 Å². The Labute approximate surface area is 155 Å². The fourth-order valence-electron chi connectivity index (χ4n) is 4.26. The summed E-state index contributed by atoms with van der Waals surface area (Å²) in [4.78, 5) is 27.5. The molecular weight excluding hydrogens is 331 g/mol. The van der Waals surface area contributed by atoms with Crippen LogP contribution in [-0.2, 0) is 16.1 Å². The normalized spacial score (nSPS) is 24.3. The lowest BCUT2D eigenvalue weighted by atomic mass is 9.79. The molecular formula is C21H29FN2O2. The van der Waals surface area contributed by atoms with E-state index in [-0.39, 0.29) is 23.5 Å². The highest BCUT2D eigenvalue weighted by Crippen LogP contribution is 2.33. The summed E-state index contributed by atoms with van der Waals surface area (Å²) < 4.78 is 13.3. The Balaban J connectivity index is 1.58. The number of halogens is 1. The monoisotopic (exact) mass is 360 g/mol. The van der Waals surface area contributed by atoms with Crippen molar-refractivity contribution >= 4 is 11.8 Å². The molecule has 26 heavy (non-hydrogen) atoms. The minimum absolute atomic E-state index is 0.0529. The second-order valence-corrected chi connectivity index (χ2v) is 8.07. The van der Waals surface area contributed by atoms with Crippen molar-refractivity contribution in [2.24, 2.45) is 11.3 Å². The molecule has 0 bridgehead atoms. The summed E-state index contributed by atoms with van der Waals surface area (Å²) in [5, 5.41) is 2.93. The minimum atomic E-state index is -0.574. The second-order valence-electron chi connectivity index (χ2n) is 8.07. The van der Waals surface area contributed by atoms with E-state index in [9.17, 15) is 14.0 Å². The van der Waals surface area contributed by atoms with Crippen LogP contribution >= 0.6 is 0 Å². The number of benzene rings is 1. The summed E-state index contributed by atoms with van der Waals surface area (Å²) in [6, 6.07) is 6.26. The van der Waals surface area contributed by atoms with E-state index < -0.39 is 5.41 Å². The van der Waals surface area contributed by atoms with E-state index in [1.807, 2.05) is 11.8 Å². The molecule has 5 heteroatoms. The van der Waals surface area contributed by atoms with E-state index in [1.54, 1.807) is 12.1 Å². The third-order valence-electron chi connectivity index (χ3n) is 5.85. The maximum absolute atomic E-state index is 13.3. The lowest BCUT2D eigenvalue weighted by Crippen LogP contribution is -2.53. The molecule has 4 nitrogen and oxygen atoms in total. The molecule has 1 heterocycles. The van der Waals surface area contributed by atoms with Crippen LogP contribution in [0.4, 0.5) is 4.39 Å².